The van der Waals surface area contributed by atoms with E-state index in [1.807, 2.05) is 0 Å². The average molecular weight is 396 g/mol. The van der Waals surface area contributed by atoms with Gasteiger partial charge < -0.3 is 16.8 Å². The summed E-state index contributed by atoms with van der Waals surface area (Å²) in [6.07, 6.45) is 5.47. The van der Waals surface area contributed by atoms with Crippen LogP contribution in [0.15, 0.2) is 66.3 Å². The van der Waals surface area contributed by atoms with Crippen molar-refractivity contribution in [1.29, 1.82) is 0 Å². The van der Waals surface area contributed by atoms with Gasteiger partial charge in [0.1, 0.15) is 11.6 Å². The van der Waals surface area contributed by atoms with Crippen LogP contribution in [0.4, 0.5) is 8.78 Å². The van der Waals surface area contributed by atoms with Crippen molar-refractivity contribution >= 4 is 17.4 Å². The number of benzene rings is 2. The maximum Gasteiger partial charge on any atom is 0.248 e. The molecule has 150 valence electrons. The number of nitrogens with two attached hydrogens (primary N) is 2. The van der Waals surface area contributed by atoms with Gasteiger partial charge >= 0.3 is 0 Å². The summed E-state index contributed by atoms with van der Waals surface area (Å²) in [4.78, 5) is 15.6. The number of nitrogens with one attached hydrogen (secondary N) is 1. The smallest absolute Gasteiger partial charge is 0.248 e. The Kier molecular flexibility index (Phi) is 5.77. The summed E-state index contributed by atoms with van der Waals surface area (Å²) in [7, 11) is 0. The molecule has 0 unspecified atom stereocenters. The lowest BCUT2D eigenvalue weighted by atomic mass is 9.72. The fourth-order valence-corrected chi connectivity index (χ4v) is 3.33. The molecule has 0 aromatic heterocycles. The Morgan fingerprint density at radius 1 is 1.14 bits per heavy atom. The van der Waals surface area contributed by atoms with Crippen LogP contribution in [-0.2, 0) is 5.54 Å². The van der Waals surface area contributed by atoms with Crippen LogP contribution in [0.25, 0.3) is 5.57 Å². The first-order valence-electron chi connectivity index (χ1n) is 9.14. The van der Waals surface area contributed by atoms with Gasteiger partial charge in [0.15, 0.2) is 5.96 Å². The zero-order valence-electron chi connectivity index (χ0n) is 15.8. The predicted molar refractivity (Wildman–Crippen MR) is 110 cm³/mol. The molecule has 0 atom stereocenters. The summed E-state index contributed by atoms with van der Waals surface area (Å²) in [5.74, 6) is -1.36. The molecule has 1 fully saturated rings. The molecule has 0 aliphatic heterocycles. The van der Waals surface area contributed by atoms with Gasteiger partial charge in [-0.3, -0.25) is 4.79 Å². The van der Waals surface area contributed by atoms with Crippen molar-refractivity contribution in [1.82, 2.24) is 5.32 Å². The van der Waals surface area contributed by atoms with E-state index >= 15 is 0 Å². The lowest BCUT2D eigenvalue weighted by Crippen LogP contribution is -2.53. The lowest BCUT2D eigenvalue weighted by molar-refractivity contribution is 0.1000. The van der Waals surface area contributed by atoms with Gasteiger partial charge in [0.05, 0.1) is 5.54 Å². The van der Waals surface area contributed by atoms with Crippen molar-refractivity contribution in [3.05, 3.63) is 89.6 Å². The van der Waals surface area contributed by atoms with Crippen LogP contribution in [0, 0.1) is 11.6 Å². The topological polar surface area (TPSA) is 93.5 Å². The highest BCUT2D eigenvalue weighted by Crippen LogP contribution is 2.41. The van der Waals surface area contributed by atoms with Gasteiger partial charge in [-0.05, 0) is 55.2 Å². The highest BCUT2D eigenvalue weighted by molar-refractivity contribution is 5.94. The Hall–Kier alpha value is -3.48. The summed E-state index contributed by atoms with van der Waals surface area (Å²) >= 11 is 0. The quantitative estimate of drug-likeness (QED) is 0.396. The van der Waals surface area contributed by atoms with E-state index in [1.165, 1.54) is 36.5 Å². The second-order valence-electron chi connectivity index (χ2n) is 6.93. The average Bonchev–Trinajstić information content (AvgIpc) is 2.67. The number of carbonyl (C=O) groups is 1. The van der Waals surface area contributed by atoms with Crippen LogP contribution >= 0.6 is 0 Å². The number of hydrogen-bond acceptors (Lipinski definition) is 2. The van der Waals surface area contributed by atoms with Gasteiger partial charge in [0.25, 0.3) is 0 Å². The first-order valence-corrected chi connectivity index (χ1v) is 9.14. The Bertz CT molecular complexity index is 992. The van der Waals surface area contributed by atoms with Gasteiger partial charge in [0.2, 0.25) is 5.91 Å². The molecule has 0 heterocycles. The summed E-state index contributed by atoms with van der Waals surface area (Å²) < 4.78 is 27.5. The van der Waals surface area contributed by atoms with E-state index < -0.39 is 17.3 Å². The van der Waals surface area contributed by atoms with Crippen molar-refractivity contribution in [2.75, 3.05) is 0 Å². The molecule has 5 nitrogen and oxygen atoms in total. The first-order chi connectivity index (χ1) is 13.8. The Morgan fingerprint density at radius 2 is 1.83 bits per heavy atom. The molecule has 0 bridgehead atoms. The Morgan fingerprint density at radius 3 is 2.38 bits per heavy atom. The number of rotatable bonds is 6. The van der Waals surface area contributed by atoms with Crippen molar-refractivity contribution in [2.24, 2.45) is 16.5 Å². The van der Waals surface area contributed by atoms with Gasteiger partial charge in [-0.15, -0.1) is 0 Å². The highest BCUT2D eigenvalue weighted by atomic mass is 19.1. The molecule has 2 aromatic rings. The zero-order chi connectivity index (χ0) is 21.0. The molecule has 1 saturated carbocycles. The van der Waals surface area contributed by atoms with Crippen molar-refractivity contribution in [3.63, 3.8) is 0 Å². The van der Waals surface area contributed by atoms with Crippen LogP contribution in [0.2, 0.25) is 0 Å². The molecule has 0 radical (unpaired) electrons. The van der Waals surface area contributed by atoms with E-state index in [2.05, 4.69) is 16.9 Å². The number of allylic oxidation sites excluding steroid dienone is 2. The number of aliphatic imine (C=N–C) groups is 1. The molecule has 1 aliphatic carbocycles. The third-order valence-electron chi connectivity index (χ3n) is 5.10. The summed E-state index contributed by atoms with van der Waals surface area (Å²) in [5.41, 5.74) is 12.5. The number of nitrogens with zero attached hydrogens (tertiary/aromatic N) is 1. The molecule has 1 aliphatic rings. The third kappa shape index (κ3) is 4.34. The van der Waals surface area contributed by atoms with E-state index in [0.29, 0.717) is 5.57 Å². The molecule has 5 N–H and O–H groups in total. The van der Waals surface area contributed by atoms with Gasteiger partial charge in [0, 0.05) is 22.9 Å². The number of carbonyl (C=O) groups excluding carboxylic acids is 1. The molecule has 2 aromatic carbocycles. The van der Waals surface area contributed by atoms with E-state index in [4.69, 9.17) is 11.5 Å². The fraction of sp³-hybridized carbons (Fsp3) is 0.182. The van der Waals surface area contributed by atoms with E-state index in [1.54, 1.807) is 12.1 Å². The monoisotopic (exact) mass is 396 g/mol. The van der Waals surface area contributed by atoms with Crippen LogP contribution in [0.1, 0.15) is 40.7 Å². The van der Waals surface area contributed by atoms with Gasteiger partial charge in [-0.25, -0.2) is 13.8 Å². The number of primary amides is 1. The number of guanidine groups is 1. The van der Waals surface area contributed by atoms with E-state index in [9.17, 15) is 13.6 Å². The molecule has 3 rings (SSSR count). The van der Waals surface area contributed by atoms with Crippen molar-refractivity contribution in [2.45, 2.75) is 24.8 Å². The minimum atomic E-state index is -0.662. The van der Waals surface area contributed by atoms with Crippen molar-refractivity contribution < 1.29 is 13.6 Å². The molecule has 29 heavy (non-hydrogen) atoms. The second kappa shape index (κ2) is 8.26. The lowest BCUT2D eigenvalue weighted by Gasteiger charge is -2.43. The number of amides is 1. The van der Waals surface area contributed by atoms with Crippen molar-refractivity contribution in [3.8, 4) is 0 Å². The number of halogens is 2. The predicted octanol–water partition coefficient (Wildman–Crippen LogP) is 3.57. The van der Waals surface area contributed by atoms with Crippen LogP contribution in [-0.4, -0.2) is 11.9 Å². The molecule has 0 saturated heterocycles. The molecule has 0 spiro atoms. The Labute approximate surface area is 167 Å². The normalized spacial score (nSPS) is 16.1. The maximum atomic E-state index is 14.2. The zero-order valence-corrected chi connectivity index (χ0v) is 15.8. The summed E-state index contributed by atoms with van der Waals surface area (Å²) in [5, 5.41) is 3.20. The third-order valence-corrected chi connectivity index (χ3v) is 5.10. The van der Waals surface area contributed by atoms with E-state index in [0.717, 1.165) is 30.9 Å². The van der Waals surface area contributed by atoms with Gasteiger partial charge in [-0.2, -0.15) is 0 Å². The van der Waals surface area contributed by atoms with Crippen LogP contribution in [0.5, 0.6) is 0 Å². The standard InChI is InChI=1S/C22H22F2N4O/c1-2-14(18-12-15(20(25)29)4-9-19(18)24)13-27-21(26)28-22(10-3-11-22)16-5-7-17(23)8-6-16/h2,4-9,12-13H,1,3,10-11H2,(H2,25,29)(H3,26,27,28)/b14-13+. The van der Waals surface area contributed by atoms with Crippen LogP contribution < -0.4 is 16.8 Å². The highest BCUT2D eigenvalue weighted by Gasteiger charge is 2.39. The number of hydrogen-bond donors (Lipinski definition) is 3. The molecular weight excluding hydrogens is 374 g/mol. The van der Waals surface area contributed by atoms with Crippen LogP contribution in [0.3, 0.4) is 0 Å². The molecule has 1 amide bonds. The fourth-order valence-electron chi connectivity index (χ4n) is 3.33. The molecular formula is C22H22F2N4O. The molecule has 7 heteroatoms. The SMILES string of the molecule is C=C/C(=C\N=C(/N)NC1(c2ccc(F)cc2)CCC1)c1cc(C(N)=O)ccc1F. The second-order valence-corrected chi connectivity index (χ2v) is 6.93. The minimum Gasteiger partial charge on any atom is -0.370 e. The maximum absolute atomic E-state index is 14.2. The summed E-state index contributed by atoms with van der Waals surface area (Å²) in [6.45, 7) is 3.67. The first kappa shape index (κ1) is 20.3. The minimum absolute atomic E-state index is 0.139. The summed E-state index contributed by atoms with van der Waals surface area (Å²) in [6, 6.07) is 10.1. The largest absolute Gasteiger partial charge is 0.370 e. The Balaban J connectivity index is 1.85. The van der Waals surface area contributed by atoms with E-state index in [-0.39, 0.29) is 22.9 Å². The van der Waals surface area contributed by atoms with Gasteiger partial charge in [-0.1, -0.05) is 24.8 Å².